The van der Waals surface area contributed by atoms with Gasteiger partial charge in [0.05, 0.1) is 29.9 Å². The summed E-state index contributed by atoms with van der Waals surface area (Å²) in [6.45, 7) is 1.82. The molecular weight excluding hydrogens is 522 g/mol. The summed E-state index contributed by atoms with van der Waals surface area (Å²) in [4.78, 5) is 32.3. The van der Waals surface area contributed by atoms with Gasteiger partial charge < -0.3 is 10.3 Å². The Bertz CT molecular complexity index is 1480. The summed E-state index contributed by atoms with van der Waals surface area (Å²) in [6, 6.07) is 15.9. The van der Waals surface area contributed by atoms with Crippen LogP contribution in [0.2, 0.25) is 0 Å². The number of aromatic amines is 1. The van der Waals surface area contributed by atoms with Gasteiger partial charge in [-0.05, 0) is 41.8 Å². The van der Waals surface area contributed by atoms with Gasteiger partial charge in [-0.1, -0.05) is 62.2 Å². The van der Waals surface area contributed by atoms with Gasteiger partial charge in [0.25, 0.3) is 0 Å². The molecule has 1 amide bonds. The minimum Gasteiger partial charge on any atom is -0.346 e. The predicted molar refractivity (Wildman–Crippen MR) is 146 cm³/mol. The van der Waals surface area contributed by atoms with E-state index >= 15 is 0 Å². The Kier molecular flexibility index (Phi) is 9.34. The Morgan fingerprint density at radius 2 is 1.75 bits per heavy atom. The molecule has 0 unspecified atom stereocenters. The molecule has 0 saturated heterocycles. The van der Waals surface area contributed by atoms with E-state index in [1.165, 1.54) is 0 Å². The number of Topliss-reactive ketones (excluding diaryl/α,β-unsaturated/α-hetero) is 1. The van der Waals surface area contributed by atoms with Crippen LogP contribution in [0, 0.1) is 5.82 Å². The molecule has 0 aliphatic carbocycles. The number of rotatable bonds is 12. The van der Waals surface area contributed by atoms with Gasteiger partial charge in [-0.15, -0.1) is 0 Å². The van der Waals surface area contributed by atoms with Crippen LogP contribution in [0.15, 0.2) is 66.9 Å². The first-order valence-corrected chi connectivity index (χ1v) is 13.4. The number of alkyl halides is 3. The van der Waals surface area contributed by atoms with E-state index in [1.807, 2.05) is 49.4 Å². The van der Waals surface area contributed by atoms with Crippen LogP contribution < -0.4 is 5.32 Å². The van der Waals surface area contributed by atoms with Gasteiger partial charge in [-0.2, -0.15) is 13.2 Å². The maximum absolute atomic E-state index is 14.4. The number of benzene rings is 3. The molecule has 0 spiro atoms. The quantitative estimate of drug-likeness (QED) is 0.139. The number of aromatic nitrogens is 2. The van der Waals surface area contributed by atoms with E-state index in [0.717, 1.165) is 46.6 Å². The van der Waals surface area contributed by atoms with Gasteiger partial charge in [-0.25, -0.2) is 9.37 Å². The first-order chi connectivity index (χ1) is 19.2. The van der Waals surface area contributed by atoms with Crippen molar-refractivity contribution in [1.29, 1.82) is 0 Å². The Morgan fingerprint density at radius 1 is 0.975 bits per heavy atom. The lowest BCUT2D eigenvalue weighted by Gasteiger charge is -2.18. The number of H-pyrrole nitrogens is 1. The summed E-state index contributed by atoms with van der Waals surface area (Å²) in [5.41, 5.74) is -0.249. The number of hydrogen-bond donors (Lipinski definition) is 2. The third-order valence-corrected chi connectivity index (χ3v) is 6.93. The van der Waals surface area contributed by atoms with Gasteiger partial charge in [0.2, 0.25) is 5.91 Å². The number of unbranched alkanes of at least 4 members (excludes halogenated alkanes) is 2. The lowest BCUT2D eigenvalue weighted by atomic mass is 10.0. The van der Waals surface area contributed by atoms with Crippen molar-refractivity contribution >= 4 is 22.5 Å². The molecule has 2 N–H and O–H groups in total. The highest BCUT2D eigenvalue weighted by Gasteiger charge is 2.35. The fourth-order valence-corrected chi connectivity index (χ4v) is 4.73. The fourth-order valence-electron chi connectivity index (χ4n) is 4.73. The van der Waals surface area contributed by atoms with Crippen molar-refractivity contribution in [3.8, 4) is 11.3 Å². The number of hydrogen-bond acceptors (Lipinski definition) is 3. The number of nitrogens with one attached hydrogen (secondary N) is 2. The second kappa shape index (κ2) is 12.9. The molecule has 4 aromatic rings. The van der Waals surface area contributed by atoms with Gasteiger partial charge in [-0.3, -0.25) is 9.59 Å². The third-order valence-electron chi connectivity index (χ3n) is 6.93. The number of carbonyl (C=O) groups excluding carboxylic acids is 2. The Morgan fingerprint density at radius 3 is 2.50 bits per heavy atom. The van der Waals surface area contributed by atoms with Crippen LogP contribution in [-0.4, -0.2) is 21.7 Å². The molecule has 40 heavy (non-hydrogen) atoms. The SMILES string of the molecule is CCC(=O)CCCCC[C@H](NC(=O)Cc1c(F)cccc1C(F)(F)F)c1ncc(-c2ccc3ccccc3c2)[nH]1. The zero-order valence-electron chi connectivity index (χ0n) is 22.2. The van der Waals surface area contributed by atoms with E-state index in [2.05, 4.69) is 15.3 Å². The van der Waals surface area contributed by atoms with Crippen molar-refractivity contribution in [2.45, 2.75) is 64.1 Å². The molecule has 1 heterocycles. The van der Waals surface area contributed by atoms with Gasteiger partial charge in [0, 0.05) is 24.0 Å². The average Bonchev–Trinajstić information content (AvgIpc) is 3.42. The number of fused-ring (bicyclic) bond motifs is 1. The number of carbonyl (C=O) groups is 2. The molecule has 0 radical (unpaired) electrons. The molecule has 5 nitrogen and oxygen atoms in total. The summed E-state index contributed by atoms with van der Waals surface area (Å²) in [5.74, 6) is -1.20. The number of amides is 1. The van der Waals surface area contributed by atoms with Gasteiger partial charge in [0.1, 0.15) is 17.4 Å². The summed E-state index contributed by atoms with van der Waals surface area (Å²) in [5, 5.41) is 4.90. The Labute approximate surface area is 230 Å². The first-order valence-electron chi connectivity index (χ1n) is 13.4. The fraction of sp³-hybridized carbons (Fsp3) is 0.323. The minimum absolute atomic E-state index is 0.182. The van der Waals surface area contributed by atoms with E-state index < -0.39 is 41.5 Å². The average molecular weight is 554 g/mol. The number of imidazole rings is 1. The van der Waals surface area contributed by atoms with Crippen molar-refractivity contribution in [3.05, 3.63) is 89.6 Å². The highest BCUT2D eigenvalue weighted by Crippen LogP contribution is 2.33. The summed E-state index contributed by atoms with van der Waals surface area (Å²) < 4.78 is 54.7. The molecule has 0 fully saturated rings. The molecule has 210 valence electrons. The molecule has 3 aromatic carbocycles. The van der Waals surface area contributed by atoms with Crippen LogP contribution in [0.4, 0.5) is 17.6 Å². The molecule has 0 bridgehead atoms. The maximum atomic E-state index is 14.4. The highest BCUT2D eigenvalue weighted by atomic mass is 19.4. The second-order valence-corrected chi connectivity index (χ2v) is 9.80. The lowest BCUT2D eigenvalue weighted by molar-refractivity contribution is -0.138. The molecule has 0 saturated carbocycles. The zero-order valence-corrected chi connectivity index (χ0v) is 22.2. The topological polar surface area (TPSA) is 74.8 Å². The minimum atomic E-state index is -4.79. The molecular formula is C31H31F4N3O2. The van der Waals surface area contributed by atoms with Crippen molar-refractivity contribution in [2.75, 3.05) is 0 Å². The van der Waals surface area contributed by atoms with Crippen molar-refractivity contribution in [1.82, 2.24) is 15.3 Å². The second-order valence-electron chi connectivity index (χ2n) is 9.80. The Balaban J connectivity index is 1.53. The highest BCUT2D eigenvalue weighted by molar-refractivity contribution is 5.86. The van der Waals surface area contributed by atoms with E-state index in [-0.39, 0.29) is 5.78 Å². The standard InChI is InChI=1S/C31H31F4N3O2/c1-2-23(39)11-4-3-5-14-27(37-29(40)18-24-25(31(33,34)35)12-8-13-26(24)32)30-36-19-28(38-30)22-16-15-20-9-6-7-10-21(20)17-22/h6-10,12-13,15-17,19,27H,2-5,11,14,18H2,1H3,(H,36,38)(H,37,40)/t27-/m0/s1. The molecule has 0 aliphatic rings. The van der Waals surface area contributed by atoms with Crippen LogP contribution in [-0.2, 0) is 22.2 Å². The van der Waals surface area contributed by atoms with Crippen molar-refractivity contribution < 1.29 is 27.2 Å². The molecule has 9 heteroatoms. The summed E-state index contributed by atoms with van der Waals surface area (Å²) in [7, 11) is 0. The van der Waals surface area contributed by atoms with E-state index in [9.17, 15) is 27.2 Å². The number of ketones is 1. The summed E-state index contributed by atoms with van der Waals surface area (Å²) >= 11 is 0. The number of halogens is 4. The molecule has 1 aromatic heterocycles. The normalized spacial score (nSPS) is 12.4. The third kappa shape index (κ3) is 7.34. The van der Waals surface area contributed by atoms with Gasteiger partial charge in [0.15, 0.2) is 0 Å². The zero-order chi connectivity index (χ0) is 28.7. The first kappa shape index (κ1) is 29.0. The van der Waals surface area contributed by atoms with Crippen LogP contribution in [0.3, 0.4) is 0 Å². The number of nitrogens with zero attached hydrogens (tertiary/aromatic N) is 1. The smallest absolute Gasteiger partial charge is 0.346 e. The van der Waals surface area contributed by atoms with Crippen LogP contribution >= 0.6 is 0 Å². The van der Waals surface area contributed by atoms with Crippen LogP contribution in [0.5, 0.6) is 0 Å². The summed E-state index contributed by atoms with van der Waals surface area (Å²) in [6.07, 6.45) is -0.394. The molecule has 4 rings (SSSR count). The van der Waals surface area contributed by atoms with Crippen LogP contribution in [0.25, 0.3) is 22.0 Å². The van der Waals surface area contributed by atoms with Gasteiger partial charge >= 0.3 is 6.18 Å². The largest absolute Gasteiger partial charge is 0.416 e. The van der Waals surface area contributed by atoms with Crippen LogP contribution in [0.1, 0.15) is 68.4 Å². The Hall–Kier alpha value is -4.01. The van der Waals surface area contributed by atoms with E-state index in [0.29, 0.717) is 37.9 Å². The molecule has 0 aliphatic heterocycles. The lowest BCUT2D eigenvalue weighted by Crippen LogP contribution is -2.31. The monoisotopic (exact) mass is 553 g/mol. The van der Waals surface area contributed by atoms with Crippen molar-refractivity contribution in [2.24, 2.45) is 0 Å². The molecule has 1 atom stereocenters. The van der Waals surface area contributed by atoms with E-state index in [1.54, 1.807) is 6.20 Å². The predicted octanol–water partition coefficient (Wildman–Crippen LogP) is 7.72. The van der Waals surface area contributed by atoms with E-state index in [4.69, 9.17) is 0 Å². The maximum Gasteiger partial charge on any atom is 0.416 e. The van der Waals surface area contributed by atoms with Crippen molar-refractivity contribution in [3.63, 3.8) is 0 Å².